The van der Waals surface area contributed by atoms with Crippen molar-refractivity contribution in [1.29, 1.82) is 0 Å². The molecule has 1 atom stereocenters. The Morgan fingerprint density at radius 2 is 1.85 bits per heavy atom. The summed E-state index contributed by atoms with van der Waals surface area (Å²) >= 11 is 6.20. The molecule has 1 aliphatic rings. The second-order valence-corrected chi connectivity index (χ2v) is 8.11. The van der Waals surface area contributed by atoms with Gasteiger partial charge in [0.2, 0.25) is 0 Å². The van der Waals surface area contributed by atoms with Crippen LogP contribution in [0.5, 0.6) is 11.5 Å². The maximum absolute atomic E-state index is 6.20. The minimum absolute atomic E-state index is 0.118. The Kier molecular flexibility index (Phi) is 5.38. The molecule has 0 bridgehead atoms. The van der Waals surface area contributed by atoms with Gasteiger partial charge >= 0.3 is 0 Å². The van der Waals surface area contributed by atoms with Gasteiger partial charge in [0.25, 0.3) is 0 Å². The van der Waals surface area contributed by atoms with Crippen LogP contribution in [0, 0.1) is 0 Å². The summed E-state index contributed by atoms with van der Waals surface area (Å²) in [5, 5.41) is 0.544. The van der Waals surface area contributed by atoms with Crippen molar-refractivity contribution in [2.24, 2.45) is 4.99 Å². The highest BCUT2D eigenvalue weighted by Crippen LogP contribution is 2.44. The molecule has 1 unspecified atom stereocenters. The van der Waals surface area contributed by atoms with E-state index in [4.69, 9.17) is 21.1 Å². The van der Waals surface area contributed by atoms with Gasteiger partial charge in [0.15, 0.2) is 0 Å². The maximum Gasteiger partial charge on any atom is 0.137 e. The smallest absolute Gasteiger partial charge is 0.137 e. The molecule has 0 spiro atoms. The second-order valence-electron chi connectivity index (χ2n) is 7.71. The molecule has 3 rings (SSSR count). The fourth-order valence-electron chi connectivity index (χ4n) is 3.77. The summed E-state index contributed by atoms with van der Waals surface area (Å²) in [6.45, 7) is 6.84. The van der Waals surface area contributed by atoms with Crippen molar-refractivity contribution in [1.82, 2.24) is 0 Å². The number of nitrogens with zero attached hydrogens (tertiary/aromatic N) is 2. The molecule has 0 aromatic heterocycles. The van der Waals surface area contributed by atoms with Gasteiger partial charge in [-0.3, -0.25) is 4.99 Å². The zero-order valence-electron chi connectivity index (χ0n) is 16.8. The van der Waals surface area contributed by atoms with Gasteiger partial charge in [-0.2, -0.15) is 0 Å². The Morgan fingerprint density at radius 3 is 2.48 bits per heavy atom. The number of halogens is 1. The summed E-state index contributed by atoms with van der Waals surface area (Å²) < 4.78 is 10.8. The standard InChI is InChI=1S/C22H27ClN2O2/c1-14-12-22(2,3)25(4)19-11-21(27-6)15(9-17(14)19)13-24-16-7-8-20(26-5)18(23)10-16/h7-11,13-14H,12H2,1-6H3. The zero-order chi connectivity index (χ0) is 19.8. The van der Waals surface area contributed by atoms with E-state index in [0.717, 1.165) is 23.4 Å². The molecule has 2 aromatic carbocycles. The molecule has 0 N–H and O–H groups in total. The average Bonchev–Trinajstić information content (AvgIpc) is 2.63. The van der Waals surface area contributed by atoms with E-state index in [1.807, 2.05) is 18.3 Å². The second kappa shape index (κ2) is 7.43. The van der Waals surface area contributed by atoms with Crippen LogP contribution in [0.4, 0.5) is 11.4 Å². The minimum Gasteiger partial charge on any atom is -0.496 e. The summed E-state index contributed by atoms with van der Waals surface area (Å²) in [6.07, 6.45) is 2.94. The fraction of sp³-hybridized carbons (Fsp3) is 0.409. The number of rotatable bonds is 4. The van der Waals surface area contributed by atoms with Crippen molar-refractivity contribution in [3.05, 3.63) is 46.5 Å². The Labute approximate surface area is 166 Å². The molecule has 0 saturated heterocycles. The van der Waals surface area contributed by atoms with Crippen molar-refractivity contribution in [2.75, 3.05) is 26.2 Å². The molecule has 4 nitrogen and oxygen atoms in total. The molecule has 144 valence electrons. The molecule has 1 aliphatic heterocycles. The van der Waals surface area contributed by atoms with Crippen LogP contribution < -0.4 is 14.4 Å². The van der Waals surface area contributed by atoms with Gasteiger partial charge < -0.3 is 14.4 Å². The largest absolute Gasteiger partial charge is 0.496 e. The van der Waals surface area contributed by atoms with Crippen LogP contribution in [0.25, 0.3) is 0 Å². The molecule has 0 amide bonds. The first-order valence-corrected chi connectivity index (χ1v) is 9.48. The van der Waals surface area contributed by atoms with E-state index < -0.39 is 0 Å². The van der Waals surface area contributed by atoms with Crippen LogP contribution >= 0.6 is 11.6 Å². The molecule has 0 aliphatic carbocycles. The number of benzene rings is 2. The van der Waals surface area contributed by atoms with E-state index in [-0.39, 0.29) is 5.54 Å². The highest BCUT2D eigenvalue weighted by molar-refractivity contribution is 6.32. The first kappa shape index (κ1) is 19.6. The molecular formula is C22H27ClN2O2. The summed E-state index contributed by atoms with van der Waals surface area (Å²) in [5.74, 6) is 1.93. The number of methoxy groups -OCH3 is 2. The number of ether oxygens (including phenoxy) is 2. The number of aliphatic imine (C=N–C) groups is 1. The van der Waals surface area contributed by atoms with Gasteiger partial charge in [-0.25, -0.2) is 0 Å². The Balaban J connectivity index is 1.99. The number of fused-ring (bicyclic) bond motifs is 1. The van der Waals surface area contributed by atoms with Gasteiger partial charge in [0.05, 0.1) is 24.9 Å². The van der Waals surface area contributed by atoms with Crippen LogP contribution in [-0.4, -0.2) is 33.0 Å². The summed E-state index contributed by atoms with van der Waals surface area (Å²) in [6, 6.07) is 9.80. The highest BCUT2D eigenvalue weighted by atomic mass is 35.5. The molecular weight excluding hydrogens is 360 g/mol. The maximum atomic E-state index is 6.20. The van der Waals surface area contributed by atoms with Gasteiger partial charge in [-0.1, -0.05) is 18.5 Å². The lowest BCUT2D eigenvalue weighted by molar-refractivity contribution is 0.389. The van der Waals surface area contributed by atoms with Crippen LogP contribution in [-0.2, 0) is 0 Å². The van der Waals surface area contributed by atoms with E-state index >= 15 is 0 Å². The summed E-state index contributed by atoms with van der Waals surface area (Å²) in [7, 11) is 5.44. The first-order chi connectivity index (χ1) is 12.8. The topological polar surface area (TPSA) is 34.1 Å². The fourth-order valence-corrected chi connectivity index (χ4v) is 4.02. The lowest BCUT2D eigenvalue weighted by atomic mass is 9.80. The normalized spacial score (nSPS) is 18.5. The van der Waals surface area contributed by atoms with E-state index in [9.17, 15) is 0 Å². The van der Waals surface area contributed by atoms with Gasteiger partial charge in [0.1, 0.15) is 11.5 Å². The van der Waals surface area contributed by atoms with Crippen molar-refractivity contribution in [2.45, 2.75) is 38.6 Å². The predicted molar refractivity (Wildman–Crippen MR) is 114 cm³/mol. The number of anilines is 1. The Hall–Kier alpha value is -2.20. The van der Waals surface area contributed by atoms with Crippen LogP contribution in [0.2, 0.25) is 5.02 Å². The number of hydrogen-bond acceptors (Lipinski definition) is 4. The molecule has 0 fully saturated rings. The van der Waals surface area contributed by atoms with E-state index in [0.29, 0.717) is 16.7 Å². The predicted octanol–water partition coefficient (Wildman–Crippen LogP) is 5.83. The Morgan fingerprint density at radius 1 is 1.15 bits per heavy atom. The SMILES string of the molecule is COc1ccc(N=Cc2cc3c(cc2OC)N(C)C(C)(C)CC3C)cc1Cl. The average molecular weight is 387 g/mol. The minimum atomic E-state index is 0.118. The van der Waals surface area contributed by atoms with Crippen LogP contribution in [0.1, 0.15) is 44.2 Å². The molecule has 2 aromatic rings. The van der Waals surface area contributed by atoms with Gasteiger partial charge in [-0.15, -0.1) is 0 Å². The summed E-state index contributed by atoms with van der Waals surface area (Å²) in [5.41, 5.74) is 4.40. The molecule has 5 heteroatoms. The lowest BCUT2D eigenvalue weighted by Gasteiger charge is -2.45. The highest BCUT2D eigenvalue weighted by Gasteiger charge is 2.34. The molecule has 0 radical (unpaired) electrons. The summed E-state index contributed by atoms with van der Waals surface area (Å²) in [4.78, 5) is 6.93. The van der Waals surface area contributed by atoms with Crippen molar-refractivity contribution in [3.8, 4) is 11.5 Å². The monoisotopic (exact) mass is 386 g/mol. The Bertz CT molecular complexity index is 877. The molecule has 27 heavy (non-hydrogen) atoms. The number of hydrogen-bond donors (Lipinski definition) is 0. The first-order valence-electron chi connectivity index (χ1n) is 9.10. The van der Waals surface area contributed by atoms with Crippen molar-refractivity contribution < 1.29 is 9.47 Å². The van der Waals surface area contributed by atoms with Crippen LogP contribution in [0.15, 0.2) is 35.3 Å². The third-order valence-electron chi connectivity index (χ3n) is 5.47. The van der Waals surface area contributed by atoms with Crippen molar-refractivity contribution >= 4 is 29.2 Å². The zero-order valence-corrected chi connectivity index (χ0v) is 17.6. The van der Waals surface area contributed by atoms with E-state index in [1.54, 1.807) is 20.3 Å². The van der Waals surface area contributed by atoms with Gasteiger partial charge in [0, 0.05) is 36.1 Å². The van der Waals surface area contributed by atoms with E-state index in [2.05, 4.69) is 49.8 Å². The van der Waals surface area contributed by atoms with Crippen LogP contribution in [0.3, 0.4) is 0 Å². The van der Waals surface area contributed by atoms with Crippen molar-refractivity contribution in [3.63, 3.8) is 0 Å². The molecule has 1 heterocycles. The third-order valence-corrected chi connectivity index (χ3v) is 5.77. The van der Waals surface area contributed by atoms with E-state index in [1.165, 1.54) is 11.3 Å². The third kappa shape index (κ3) is 3.77. The van der Waals surface area contributed by atoms with Gasteiger partial charge in [-0.05, 0) is 56.0 Å². The quantitative estimate of drug-likeness (QED) is 0.620. The molecule has 0 saturated carbocycles. The lowest BCUT2D eigenvalue weighted by Crippen LogP contribution is -2.45.